The van der Waals surface area contributed by atoms with Gasteiger partial charge < -0.3 is 37.6 Å². The van der Waals surface area contributed by atoms with Gasteiger partial charge in [-0.3, -0.25) is 19.4 Å². The van der Waals surface area contributed by atoms with Crippen LogP contribution in [0.2, 0.25) is 0 Å². The summed E-state index contributed by atoms with van der Waals surface area (Å²) >= 11 is 0. The number of aromatic nitrogens is 2. The van der Waals surface area contributed by atoms with E-state index in [0.29, 0.717) is 58.5 Å². The van der Waals surface area contributed by atoms with Crippen molar-refractivity contribution in [3.63, 3.8) is 0 Å². The lowest BCUT2D eigenvalue weighted by molar-refractivity contribution is -0.144. The Morgan fingerprint density at radius 1 is 0.537 bits per heavy atom. The first-order valence-corrected chi connectivity index (χ1v) is 26.6. The fraction of sp³-hybridized carbons (Fsp3) is 0.281. The van der Waals surface area contributed by atoms with Crippen molar-refractivity contribution in [1.29, 1.82) is 0 Å². The molecule has 412 valence electrons. The molecule has 0 spiro atoms. The summed E-state index contributed by atoms with van der Waals surface area (Å²) in [4.78, 5) is 61.4. The lowest BCUT2D eigenvalue weighted by atomic mass is 10.0. The van der Waals surface area contributed by atoms with E-state index in [0.717, 1.165) is 70.8 Å². The van der Waals surface area contributed by atoms with E-state index in [1.54, 1.807) is 69.7 Å². The first-order valence-electron chi connectivity index (χ1n) is 26.6. The molecule has 16 heteroatoms. The number of hydrogen-bond donors (Lipinski definition) is 1. The second kappa shape index (κ2) is 26.0. The Bertz CT molecular complexity index is 3340. The smallest absolute Gasteiger partial charge is 0.416 e. The van der Waals surface area contributed by atoms with Gasteiger partial charge in [0.05, 0.1) is 32.2 Å². The van der Waals surface area contributed by atoms with Crippen molar-refractivity contribution in [3.05, 3.63) is 203 Å². The van der Waals surface area contributed by atoms with E-state index < -0.39 is 30.7 Å². The van der Waals surface area contributed by atoms with Crippen LogP contribution in [0.4, 0.5) is 9.59 Å². The molecule has 2 heterocycles. The third-order valence-corrected chi connectivity index (χ3v) is 14.1. The SMILES string of the molecule is CCOC(=O)CN(Cc1ccc([C@H]2C[C@H]2Cc2nc(-c3ccccc3)oc2C)cc1)C(=O)Oc1ccc(OC)cc1.COc1ccc(OC(=O)N(CC(=O)O)Cc2ccc([C@H]3C[C@H]3Cc3nc(-c4ccccc4)oc3C)cc2)cc1. The third kappa shape index (κ3) is 14.9. The summed E-state index contributed by atoms with van der Waals surface area (Å²) in [5.74, 6) is 5.28. The highest BCUT2D eigenvalue weighted by molar-refractivity contribution is 5.79. The average Bonchev–Trinajstić information content (AvgIpc) is 4.38. The number of oxazole rings is 2. The highest BCUT2D eigenvalue weighted by Gasteiger charge is 2.40. The second-order valence-corrected chi connectivity index (χ2v) is 19.9. The molecule has 8 aromatic rings. The summed E-state index contributed by atoms with van der Waals surface area (Å²) in [6.45, 7) is 5.55. The Kier molecular flexibility index (Phi) is 18.0. The summed E-state index contributed by atoms with van der Waals surface area (Å²) in [5, 5.41) is 9.33. The van der Waals surface area contributed by atoms with E-state index in [-0.39, 0.29) is 26.2 Å². The third-order valence-electron chi connectivity index (χ3n) is 14.1. The molecule has 0 aliphatic heterocycles. The molecule has 0 saturated heterocycles. The normalized spacial score (nSPS) is 15.8. The summed E-state index contributed by atoms with van der Waals surface area (Å²) < 4.78 is 38.1. The number of benzene rings is 6. The predicted molar refractivity (Wildman–Crippen MR) is 298 cm³/mol. The maximum Gasteiger partial charge on any atom is 0.416 e. The second-order valence-electron chi connectivity index (χ2n) is 19.9. The number of carbonyl (C=O) groups is 4. The summed E-state index contributed by atoms with van der Waals surface area (Å²) in [5.41, 5.74) is 8.15. The summed E-state index contributed by atoms with van der Waals surface area (Å²) in [6, 6.07) is 49.2. The fourth-order valence-electron chi connectivity index (χ4n) is 9.60. The van der Waals surface area contributed by atoms with Crippen molar-refractivity contribution in [2.45, 2.75) is 71.4 Å². The van der Waals surface area contributed by atoms with Crippen LogP contribution in [0.15, 0.2) is 167 Å². The van der Waals surface area contributed by atoms with Gasteiger partial charge in [0.15, 0.2) is 0 Å². The zero-order valence-electron chi connectivity index (χ0n) is 45.4. The molecule has 80 heavy (non-hydrogen) atoms. The number of aryl methyl sites for hydroxylation is 2. The first-order chi connectivity index (χ1) is 38.8. The first kappa shape index (κ1) is 55.6. The number of amides is 2. The number of carboxylic acid groups (broad SMARTS) is 1. The van der Waals surface area contributed by atoms with Gasteiger partial charge in [0.2, 0.25) is 11.8 Å². The molecular weight excluding hydrogens is 1020 g/mol. The van der Waals surface area contributed by atoms with Crippen molar-refractivity contribution in [2.24, 2.45) is 11.8 Å². The van der Waals surface area contributed by atoms with Gasteiger partial charge in [0.1, 0.15) is 47.6 Å². The number of aliphatic carboxylic acids is 1. The van der Waals surface area contributed by atoms with Crippen molar-refractivity contribution in [3.8, 4) is 45.9 Å². The van der Waals surface area contributed by atoms with Gasteiger partial charge in [-0.2, -0.15) is 0 Å². The van der Waals surface area contributed by atoms with Gasteiger partial charge in [0, 0.05) is 24.2 Å². The van der Waals surface area contributed by atoms with E-state index in [9.17, 15) is 24.3 Å². The zero-order chi connectivity index (χ0) is 56.1. The number of rotatable bonds is 21. The highest BCUT2D eigenvalue weighted by atomic mass is 16.6. The number of nitrogens with zero attached hydrogens (tertiary/aromatic N) is 4. The van der Waals surface area contributed by atoms with Crippen LogP contribution in [0, 0.1) is 25.7 Å². The molecule has 2 aliphatic carbocycles. The maximum absolute atomic E-state index is 13.0. The Balaban J connectivity index is 0.000000194. The largest absolute Gasteiger partial charge is 0.497 e. The predicted octanol–water partition coefficient (Wildman–Crippen LogP) is 12.7. The molecule has 0 unspecified atom stereocenters. The van der Waals surface area contributed by atoms with Crippen LogP contribution in [0.1, 0.15) is 76.8 Å². The number of esters is 1. The van der Waals surface area contributed by atoms with Crippen molar-refractivity contribution in [2.75, 3.05) is 33.9 Å². The van der Waals surface area contributed by atoms with E-state index in [1.165, 1.54) is 20.9 Å². The van der Waals surface area contributed by atoms with Gasteiger partial charge >= 0.3 is 24.1 Å². The number of methoxy groups -OCH3 is 2. The van der Waals surface area contributed by atoms with Gasteiger partial charge in [-0.1, -0.05) is 84.9 Å². The fourth-order valence-corrected chi connectivity index (χ4v) is 9.60. The maximum atomic E-state index is 13.0. The molecule has 16 nitrogen and oxygen atoms in total. The van der Waals surface area contributed by atoms with Crippen LogP contribution >= 0.6 is 0 Å². The van der Waals surface area contributed by atoms with Crippen molar-refractivity contribution >= 4 is 24.1 Å². The van der Waals surface area contributed by atoms with Gasteiger partial charge in [0.25, 0.3) is 0 Å². The standard InChI is InChI=1S/C33H34N2O6.C31H30N2O6/c1-4-39-31(36)21-35(33(37)41-28-16-14-27(38-3)15-17-28)20-23-10-12-24(13-11-23)29-18-26(29)19-30-22(2)40-32(34-30)25-8-6-5-7-9-25;1-20-28(32-30(38-20)23-6-4-3-5-7-23)17-24-16-27(24)22-10-8-21(9-11-22)18-33(19-29(34)35)31(36)39-26-14-12-25(37-2)13-15-26/h5-17,26,29H,4,18-21H2,1-3H3;3-15,24,27H,16-19H2,1-2H3,(H,34,35)/t26-,29+;24-,27+/m00/s1. The Morgan fingerprint density at radius 3 is 1.30 bits per heavy atom. The minimum absolute atomic E-state index is 0.121. The van der Waals surface area contributed by atoms with E-state index in [1.807, 2.05) is 98.8 Å². The molecule has 6 aromatic carbocycles. The Hall–Kier alpha value is -9.18. The molecule has 1 N–H and O–H groups in total. The van der Waals surface area contributed by atoms with Gasteiger partial charge in [-0.25, -0.2) is 19.6 Å². The average molecular weight is 1080 g/mol. The summed E-state index contributed by atoms with van der Waals surface area (Å²) in [7, 11) is 3.11. The van der Waals surface area contributed by atoms with Crippen molar-refractivity contribution < 1.29 is 56.8 Å². The van der Waals surface area contributed by atoms with Crippen molar-refractivity contribution in [1.82, 2.24) is 19.8 Å². The quantitative estimate of drug-likeness (QED) is 0.0668. The van der Waals surface area contributed by atoms with Gasteiger partial charge in [-0.05, 0) is 165 Å². The van der Waals surface area contributed by atoms with Crippen LogP contribution in [-0.2, 0) is 40.3 Å². The molecule has 10 rings (SSSR count). The number of carboxylic acids is 1. The summed E-state index contributed by atoms with van der Waals surface area (Å²) in [6.07, 6.45) is 2.54. The molecule has 4 atom stereocenters. The van der Waals surface area contributed by atoms with Crippen LogP contribution in [0.3, 0.4) is 0 Å². The highest BCUT2D eigenvalue weighted by Crippen LogP contribution is 2.50. The minimum Gasteiger partial charge on any atom is -0.497 e. The van der Waals surface area contributed by atoms with Crippen LogP contribution in [0.25, 0.3) is 22.9 Å². The lowest BCUT2D eigenvalue weighted by Gasteiger charge is -2.21. The van der Waals surface area contributed by atoms with E-state index in [4.69, 9.17) is 42.5 Å². The number of ether oxygens (including phenoxy) is 5. The van der Waals surface area contributed by atoms with Crippen LogP contribution in [-0.4, -0.2) is 82.9 Å². The zero-order valence-corrected chi connectivity index (χ0v) is 45.4. The topological polar surface area (TPSA) is 193 Å². The molecule has 2 amide bonds. The molecule has 2 saturated carbocycles. The lowest BCUT2D eigenvalue weighted by Crippen LogP contribution is -2.38. The molecule has 0 bridgehead atoms. The van der Waals surface area contributed by atoms with Crippen LogP contribution < -0.4 is 18.9 Å². The molecular formula is C64H64N4O12. The molecule has 2 aromatic heterocycles. The van der Waals surface area contributed by atoms with Gasteiger partial charge in [-0.15, -0.1) is 0 Å². The molecule has 2 aliphatic rings. The van der Waals surface area contributed by atoms with E-state index in [2.05, 4.69) is 24.3 Å². The number of hydrogen-bond acceptors (Lipinski definition) is 13. The Labute approximate surface area is 464 Å². The minimum atomic E-state index is -1.11. The number of carbonyl (C=O) groups excluding carboxylic acids is 3. The van der Waals surface area contributed by atoms with Crippen LogP contribution in [0.5, 0.6) is 23.0 Å². The Morgan fingerprint density at radius 2 is 0.925 bits per heavy atom. The molecule has 0 radical (unpaired) electrons. The molecule has 2 fully saturated rings. The van der Waals surface area contributed by atoms with E-state index >= 15 is 0 Å². The monoisotopic (exact) mass is 1080 g/mol.